The van der Waals surface area contributed by atoms with Gasteiger partial charge in [-0.05, 0) is 23.7 Å². The lowest BCUT2D eigenvalue weighted by Crippen LogP contribution is -2.48. The third-order valence-electron chi connectivity index (χ3n) is 5.42. The maximum atomic E-state index is 15.6. The van der Waals surface area contributed by atoms with Crippen LogP contribution in [-0.2, 0) is 9.16 Å². The lowest BCUT2D eigenvalue weighted by molar-refractivity contribution is -0.0172. The Morgan fingerprint density at radius 1 is 1.39 bits per heavy atom. The van der Waals surface area contributed by atoms with Crippen molar-refractivity contribution in [3.05, 3.63) is 28.3 Å². The van der Waals surface area contributed by atoms with Crippen LogP contribution in [0, 0.1) is 0 Å². The van der Waals surface area contributed by atoms with Gasteiger partial charge in [-0.1, -0.05) is 37.5 Å². The number of hydrogen-bond donors (Lipinski definition) is 0. The summed E-state index contributed by atoms with van der Waals surface area (Å²) in [5.41, 5.74) is 9.42. The van der Waals surface area contributed by atoms with E-state index in [9.17, 15) is 0 Å². The van der Waals surface area contributed by atoms with Crippen molar-refractivity contribution in [2.45, 2.75) is 63.5 Å². The zero-order valence-corrected chi connectivity index (χ0v) is 18.1. The van der Waals surface area contributed by atoms with E-state index in [-0.39, 0.29) is 16.7 Å². The van der Waals surface area contributed by atoms with Crippen molar-refractivity contribution in [1.82, 2.24) is 19.5 Å². The van der Waals surface area contributed by atoms with Crippen LogP contribution in [0.5, 0.6) is 0 Å². The van der Waals surface area contributed by atoms with E-state index in [0.717, 1.165) is 0 Å². The summed E-state index contributed by atoms with van der Waals surface area (Å²) in [6.07, 6.45) is -1.41. The first kappa shape index (κ1) is 20.9. The van der Waals surface area contributed by atoms with Crippen LogP contribution in [0.2, 0.25) is 23.3 Å². The third kappa shape index (κ3) is 3.72. The van der Waals surface area contributed by atoms with E-state index in [0.29, 0.717) is 11.2 Å². The van der Waals surface area contributed by atoms with Crippen LogP contribution in [0.15, 0.2) is 17.8 Å². The van der Waals surface area contributed by atoms with Gasteiger partial charge >= 0.3 is 0 Å². The lowest BCUT2D eigenvalue weighted by atomic mass is 10.1. The minimum atomic E-state index is -2.30. The summed E-state index contributed by atoms with van der Waals surface area (Å²) < 4.78 is 29.3. The molecule has 1 saturated heterocycles. The fourth-order valence-corrected chi connectivity index (χ4v) is 4.34. The molecule has 4 atom stereocenters. The van der Waals surface area contributed by atoms with Gasteiger partial charge in [0.15, 0.2) is 31.5 Å². The molecule has 2 aromatic rings. The van der Waals surface area contributed by atoms with E-state index < -0.39 is 32.9 Å². The van der Waals surface area contributed by atoms with E-state index in [1.165, 1.54) is 17.2 Å². The monoisotopic (exact) mass is 427 g/mol. The quantitative estimate of drug-likeness (QED) is 0.230. The fraction of sp³-hybridized carbons (Fsp3) is 0.688. The molecule has 0 spiro atoms. The number of ether oxygens (including phenoxy) is 1. The Labute approximate surface area is 168 Å². The number of nitrogens with zero attached hydrogens (tertiary/aromatic N) is 7. The molecule has 1 aliphatic heterocycles. The topological polar surface area (TPSA) is 111 Å². The summed E-state index contributed by atoms with van der Waals surface area (Å²) in [6, 6.07) is 0. The Hall–Kier alpha value is -1.78. The first-order valence-electron chi connectivity index (χ1n) is 8.88. The van der Waals surface area contributed by atoms with Gasteiger partial charge in [-0.15, -0.1) is 0 Å². The van der Waals surface area contributed by atoms with Crippen molar-refractivity contribution in [3.8, 4) is 0 Å². The van der Waals surface area contributed by atoms with Gasteiger partial charge in [0.05, 0.1) is 19.0 Å². The number of fused-ring (bicyclic) bond motifs is 1. The smallest absolute Gasteiger partial charge is 0.192 e. The summed E-state index contributed by atoms with van der Waals surface area (Å²) in [4.78, 5) is 15.0. The standard InChI is InChI=1S/C16H23ClFN7O2Si/c1-16(2,3)28(4,5)27-12-9(6-23-24-19)26-15(10(12)18)25-8-22-11-13(17)20-7-21-14(11)25/h7-10,12,15H,6H2,1-5H3/t9-,10-,12?,15-/m1/s1. The molecule has 2 aromatic heterocycles. The molecule has 0 radical (unpaired) electrons. The molecule has 1 aliphatic rings. The number of imidazole rings is 1. The second-order valence-corrected chi connectivity index (χ2v) is 13.4. The predicted octanol–water partition coefficient (Wildman–Crippen LogP) is 4.42. The molecule has 0 amide bonds. The van der Waals surface area contributed by atoms with Crippen LogP contribution >= 0.6 is 11.6 Å². The molecule has 3 heterocycles. The Balaban J connectivity index is 1.96. The first-order chi connectivity index (χ1) is 13.1. The number of aromatic nitrogens is 4. The Bertz CT molecular complexity index is 912. The molecule has 1 unspecified atom stereocenters. The Morgan fingerprint density at radius 3 is 2.75 bits per heavy atom. The third-order valence-corrected chi connectivity index (χ3v) is 10.2. The highest BCUT2D eigenvalue weighted by molar-refractivity contribution is 6.74. The van der Waals surface area contributed by atoms with Crippen molar-refractivity contribution in [1.29, 1.82) is 0 Å². The van der Waals surface area contributed by atoms with E-state index in [2.05, 4.69) is 45.7 Å². The average molecular weight is 428 g/mol. The number of hydrogen-bond acceptors (Lipinski definition) is 6. The van der Waals surface area contributed by atoms with Gasteiger partial charge in [0.1, 0.15) is 17.9 Å². The van der Waals surface area contributed by atoms with Gasteiger partial charge in [-0.3, -0.25) is 4.57 Å². The molecule has 3 rings (SSSR count). The van der Waals surface area contributed by atoms with Gasteiger partial charge in [0.25, 0.3) is 0 Å². The van der Waals surface area contributed by atoms with Gasteiger partial charge in [0, 0.05) is 4.91 Å². The zero-order valence-electron chi connectivity index (χ0n) is 16.4. The van der Waals surface area contributed by atoms with Crippen LogP contribution in [-0.4, -0.2) is 52.8 Å². The van der Waals surface area contributed by atoms with Crippen LogP contribution in [0.3, 0.4) is 0 Å². The highest BCUT2D eigenvalue weighted by Crippen LogP contribution is 2.42. The zero-order chi connectivity index (χ0) is 20.7. The highest BCUT2D eigenvalue weighted by atomic mass is 35.5. The number of azide groups is 1. The van der Waals surface area contributed by atoms with E-state index >= 15 is 4.39 Å². The molecule has 1 fully saturated rings. The van der Waals surface area contributed by atoms with E-state index in [1.54, 1.807) is 0 Å². The van der Waals surface area contributed by atoms with Crippen LogP contribution < -0.4 is 0 Å². The normalized spacial score (nSPS) is 25.8. The summed E-state index contributed by atoms with van der Waals surface area (Å²) >= 11 is 6.04. The molecule has 12 heteroatoms. The molecule has 0 bridgehead atoms. The average Bonchev–Trinajstić information content (AvgIpc) is 3.15. The van der Waals surface area contributed by atoms with E-state index in [4.69, 9.17) is 26.3 Å². The highest BCUT2D eigenvalue weighted by Gasteiger charge is 2.51. The molecule has 0 aliphatic carbocycles. The Morgan fingerprint density at radius 2 is 2.11 bits per heavy atom. The van der Waals surface area contributed by atoms with Crippen LogP contribution in [0.1, 0.15) is 27.0 Å². The number of rotatable bonds is 5. The summed E-state index contributed by atoms with van der Waals surface area (Å²) in [5, 5.41) is 3.64. The lowest BCUT2D eigenvalue weighted by Gasteiger charge is -2.39. The minimum Gasteiger partial charge on any atom is -0.408 e. The van der Waals surface area contributed by atoms with Crippen molar-refractivity contribution in [2.75, 3.05) is 6.54 Å². The van der Waals surface area contributed by atoms with Crippen LogP contribution in [0.25, 0.3) is 21.6 Å². The SMILES string of the molecule is CC(C)(C)[Si](C)(C)OC1[C@@H](F)[C@H](n2cnc3c(Cl)ncnc32)O[C@@H]1CN=[N+]=[N-]. The summed E-state index contributed by atoms with van der Waals surface area (Å²) in [5.74, 6) is 0. The van der Waals surface area contributed by atoms with Crippen molar-refractivity contribution >= 4 is 31.1 Å². The molecule has 0 aromatic carbocycles. The largest absolute Gasteiger partial charge is 0.408 e. The van der Waals surface area contributed by atoms with Gasteiger partial charge in [0.2, 0.25) is 0 Å². The molecule has 0 N–H and O–H groups in total. The molecule has 152 valence electrons. The van der Waals surface area contributed by atoms with Crippen molar-refractivity contribution in [2.24, 2.45) is 5.11 Å². The predicted molar refractivity (Wildman–Crippen MR) is 105 cm³/mol. The molecule has 0 saturated carbocycles. The second kappa shape index (κ2) is 7.56. The second-order valence-electron chi connectivity index (χ2n) is 8.25. The van der Waals surface area contributed by atoms with E-state index in [1.807, 2.05) is 13.1 Å². The molecular weight excluding hydrogens is 405 g/mol. The Kier molecular flexibility index (Phi) is 5.66. The minimum absolute atomic E-state index is 0.0327. The number of halogens is 2. The van der Waals surface area contributed by atoms with Crippen molar-refractivity contribution < 1.29 is 13.6 Å². The molecule has 28 heavy (non-hydrogen) atoms. The van der Waals surface area contributed by atoms with Gasteiger partial charge in [-0.2, -0.15) is 0 Å². The maximum absolute atomic E-state index is 15.6. The summed E-state index contributed by atoms with van der Waals surface area (Å²) in [7, 11) is -2.30. The first-order valence-corrected chi connectivity index (χ1v) is 12.2. The van der Waals surface area contributed by atoms with Crippen molar-refractivity contribution in [3.63, 3.8) is 0 Å². The van der Waals surface area contributed by atoms with Gasteiger partial charge < -0.3 is 9.16 Å². The van der Waals surface area contributed by atoms with Gasteiger partial charge in [-0.25, -0.2) is 19.3 Å². The summed E-state index contributed by atoms with van der Waals surface area (Å²) in [6.45, 7) is 10.3. The maximum Gasteiger partial charge on any atom is 0.192 e. The number of alkyl halides is 1. The molecule has 9 nitrogen and oxygen atoms in total. The van der Waals surface area contributed by atoms with Crippen LogP contribution in [0.4, 0.5) is 4.39 Å². The fourth-order valence-electron chi connectivity index (χ4n) is 2.85. The molecular formula is C16H23ClFN7O2Si.